The molecule has 0 atom stereocenters. The lowest BCUT2D eigenvalue weighted by Crippen LogP contribution is -2.16. The van der Waals surface area contributed by atoms with Gasteiger partial charge >= 0.3 is 11.4 Å². The van der Waals surface area contributed by atoms with Gasteiger partial charge in [-0.2, -0.15) is 0 Å². The quantitative estimate of drug-likeness (QED) is 0.605. The number of hydrogen-bond donors (Lipinski definition) is 1. The molecule has 1 heterocycles. The number of aromatic hydroxyl groups is 1. The normalized spacial score (nSPS) is 13.2. The van der Waals surface area contributed by atoms with Crippen LogP contribution in [0.15, 0.2) is 6.07 Å². The minimum Gasteiger partial charge on any atom is -0.499 e. The molecule has 0 fully saturated rings. The molecule has 0 saturated heterocycles. The Balaban J connectivity index is 2.72. The summed E-state index contributed by atoms with van der Waals surface area (Å²) < 4.78 is 10.00. The fraction of sp³-hybridized carbons (Fsp3) is 0.250. The number of nitrogens with zero attached hydrogens (tertiary/aromatic N) is 2. The third kappa shape index (κ3) is 1.67. The summed E-state index contributed by atoms with van der Waals surface area (Å²) in [6.45, 7) is 0.261. The van der Waals surface area contributed by atoms with Gasteiger partial charge in [-0.05, 0) is 0 Å². The van der Waals surface area contributed by atoms with Gasteiger partial charge in [0.25, 0.3) is 0 Å². The minimum atomic E-state index is -1.04. The molecule has 0 amide bonds. The molecule has 9 nitrogen and oxygen atoms in total. The lowest BCUT2D eigenvalue weighted by molar-refractivity contribution is -0.423. The van der Waals surface area contributed by atoms with Gasteiger partial charge < -0.3 is 14.6 Å². The second kappa shape index (κ2) is 3.77. The van der Waals surface area contributed by atoms with Crippen molar-refractivity contribution in [2.75, 3.05) is 13.2 Å². The standard InChI is InChI=1S/C8H6N2O7/c11-7-6(10(14)15)4(9(12)13)3-5-8(7)17-2-1-16-5/h3,11H,1-2H2. The monoisotopic (exact) mass is 242 g/mol. The molecule has 0 saturated carbocycles. The Kier molecular flexibility index (Phi) is 2.42. The topological polar surface area (TPSA) is 125 Å². The van der Waals surface area contributed by atoms with Crippen LogP contribution in [0.5, 0.6) is 17.2 Å². The molecule has 90 valence electrons. The Morgan fingerprint density at radius 1 is 1.18 bits per heavy atom. The lowest BCUT2D eigenvalue weighted by atomic mass is 10.2. The molecule has 9 heteroatoms. The second-order valence-corrected chi connectivity index (χ2v) is 3.13. The maximum atomic E-state index is 10.7. The molecular formula is C8H6N2O7. The summed E-state index contributed by atoms with van der Waals surface area (Å²) in [6.07, 6.45) is 0. The maximum absolute atomic E-state index is 10.7. The fourth-order valence-corrected chi connectivity index (χ4v) is 1.46. The van der Waals surface area contributed by atoms with E-state index in [1.165, 1.54) is 0 Å². The van der Waals surface area contributed by atoms with Gasteiger partial charge in [0.05, 0.1) is 15.9 Å². The van der Waals surface area contributed by atoms with Crippen LogP contribution in [0, 0.1) is 20.2 Å². The first-order valence-corrected chi connectivity index (χ1v) is 4.46. The third-order valence-electron chi connectivity index (χ3n) is 2.14. The predicted octanol–water partition coefficient (Wildman–Crippen LogP) is 0.980. The first kappa shape index (κ1) is 10.9. The Bertz CT molecular complexity index is 513. The van der Waals surface area contributed by atoms with Crippen LogP contribution in [0.2, 0.25) is 0 Å². The summed E-state index contributed by atoms with van der Waals surface area (Å²) in [7, 11) is 0. The van der Waals surface area contributed by atoms with Crippen molar-refractivity contribution in [1.29, 1.82) is 0 Å². The highest BCUT2D eigenvalue weighted by Gasteiger charge is 2.36. The number of phenolic OH excluding ortho intramolecular Hbond substituents is 1. The van der Waals surface area contributed by atoms with E-state index in [0.717, 1.165) is 6.07 Å². The SMILES string of the molecule is O=[N+]([O-])c1cc2c(c(O)c1[N+](=O)[O-])OCCO2. The average Bonchev–Trinajstić information content (AvgIpc) is 2.28. The number of fused-ring (bicyclic) bond motifs is 1. The molecule has 1 aliphatic heterocycles. The van der Waals surface area contributed by atoms with Crippen LogP contribution in [-0.4, -0.2) is 28.2 Å². The van der Waals surface area contributed by atoms with E-state index in [4.69, 9.17) is 9.47 Å². The molecule has 0 spiro atoms. The number of phenols is 1. The molecule has 1 aromatic carbocycles. The van der Waals surface area contributed by atoms with Crippen LogP contribution < -0.4 is 9.47 Å². The van der Waals surface area contributed by atoms with Crippen LogP contribution in [0.1, 0.15) is 0 Å². The Morgan fingerprint density at radius 2 is 1.82 bits per heavy atom. The molecule has 0 bridgehead atoms. The van der Waals surface area contributed by atoms with Gasteiger partial charge in [0.2, 0.25) is 11.5 Å². The van der Waals surface area contributed by atoms with Crippen molar-refractivity contribution in [2.45, 2.75) is 0 Å². The zero-order chi connectivity index (χ0) is 12.6. The zero-order valence-corrected chi connectivity index (χ0v) is 8.28. The predicted molar refractivity (Wildman–Crippen MR) is 52.4 cm³/mol. The summed E-state index contributed by atoms with van der Waals surface area (Å²) in [4.78, 5) is 19.3. The molecule has 1 aromatic rings. The van der Waals surface area contributed by atoms with Crippen molar-refractivity contribution >= 4 is 11.4 Å². The summed E-state index contributed by atoms with van der Waals surface area (Å²) in [5.74, 6) is -1.21. The van der Waals surface area contributed by atoms with Crippen molar-refractivity contribution in [3.8, 4) is 17.2 Å². The summed E-state index contributed by atoms with van der Waals surface area (Å²) in [6, 6.07) is 0.867. The smallest absolute Gasteiger partial charge is 0.391 e. The first-order valence-electron chi connectivity index (χ1n) is 4.46. The Morgan fingerprint density at radius 3 is 2.41 bits per heavy atom. The average molecular weight is 242 g/mol. The number of rotatable bonds is 2. The van der Waals surface area contributed by atoms with Gasteiger partial charge in [-0.25, -0.2) is 0 Å². The molecule has 0 aromatic heterocycles. The molecule has 17 heavy (non-hydrogen) atoms. The summed E-state index contributed by atoms with van der Waals surface area (Å²) in [5.41, 5.74) is -1.84. The van der Waals surface area contributed by atoms with Gasteiger partial charge in [0.1, 0.15) is 13.2 Å². The van der Waals surface area contributed by atoms with Crippen LogP contribution in [0.25, 0.3) is 0 Å². The van der Waals surface area contributed by atoms with Gasteiger partial charge in [-0.15, -0.1) is 0 Å². The maximum Gasteiger partial charge on any atom is 0.391 e. The molecule has 2 rings (SSSR count). The van der Waals surface area contributed by atoms with E-state index in [1.54, 1.807) is 0 Å². The highest BCUT2D eigenvalue weighted by Crippen LogP contribution is 2.49. The molecule has 0 radical (unpaired) electrons. The number of hydrogen-bond acceptors (Lipinski definition) is 7. The van der Waals surface area contributed by atoms with Crippen LogP contribution >= 0.6 is 0 Å². The van der Waals surface area contributed by atoms with Crippen molar-refractivity contribution in [3.63, 3.8) is 0 Å². The van der Waals surface area contributed by atoms with E-state index in [0.29, 0.717) is 0 Å². The third-order valence-corrected chi connectivity index (χ3v) is 2.14. The van der Waals surface area contributed by atoms with Crippen molar-refractivity contribution in [1.82, 2.24) is 0 Å². The van der Waals surface area contributed by atoms with E-state index in [1.807, 2.05) is 0 Å². The summed E-state index contributed by atoms with van der Waals surface area (Å²) >= 11 is 0. The van der Waals surface area contributed by atoms with E-state index in [-0.39, 0.29) is 24.7 Å². The molecule has 1 aliphatic rings. The van der Waals surface area contributed by atoms with Crippen LogP contribution in [0.4, 0.5) is 11.4 Å². The van der Waals surface area contributed by atoms with Gasteiger partial charge in [0.15, 0.2) is 5.75 Å². The number of benzene rings is 1. The molecule has 0 unspecified atom stereocenters. The lowest BCUT2D eigenvalue weighted by Gasteiger charge is -2.18. The van der Waals surface area contributed by atoms with E-state index >= 15 is 0 Å². The fourth-order valence-electron chi connectivity index (χ4n) is 1.46. The van der Waals surface area contributed by atoms with Crippen LogP contribution in [0.3, 0.4) is 0 Å². The first-order chi connectivity index (χ1) is 8.02. The molecule has 0 aliphatic carbocycles. The van der Waals surface area contributed by atoms with Gasteiger partial charge in [-0.1, -0.05) is 0 Å². The summed E-state index contributed by atoms with van der Waals surface area (Å²) in [5, 5.41) is 30.9. The van der Waals surface area contributed by atoms with E-state index in [2.05, 4.69) is 0 Å². The largest absolute Gasteiger partial charge is 0.499 e. The van der Waals surface area contributed by atoms with Crippen molar-refractivity contribution in [2.24, 2.45) is 0 Å². The Hall–Kier alpha value is -2.58. The van der Waals surface area contributed by atoms with E-state index in [9.17, 15) is 25.3 Å². The Labute approximate surface area is 93.5 Å². The number of nitro benzene ring substituents is 2. The van der Waals surface area contributed by atoms with Crippen molar-refractivity contribution < 1.29 is 24.4 Å². The minimum absolute atomic E-state index is 0.0777. The van der Waals surface area contributed by atoms with Gasteiger partial charge in [-0.3, -0.25) is 20.2 Å². The van der Waals surface area contributed by atoms with Crippen molar-refractivity contribution in [3.05, 3.63) is 26.3 Å². The highest BCUT2D eigenvalue weighted by atomic mass is 16.6. The van der Waals surface area contributed by atoms with Gasteiger partial charge in [0, 0.05) is 0 Å². The number of nitro groups is 2. The molecule has 1 N–H and O–H groups in total. The highest BCUT2D eigenvalue weighted by molar-refractivity contribution is 5.72. The van der Waals surface area contributed by atoms with Crippen LogP contribution in [-0.2, 0) is 0 Å². The zero-order valence-electron chi connectivity index (χ0n) is 8.28. The molecular weight excluding hydrogens is 236 g/mol. The number of ether oxygens (including phenoxy) is 2. The van der Waals surface area contributed by atoms with E-state index < -0.39 is 27.0 Å². The second-order valence-electron chi connectivity index (χ2n) is 3.13.